The van der Waals surface area contributed by atoms with Gasteiger partial charge in [-0.1, -0.05) is 12.1 Å². The summed E-state index contributed by atoms with van der Waals surface area (Å²) in [5.74, 6) is 0.857. The highest BCUT2D eigenvalue weighted by Gasteiger charge is 2.00. The van der Waals surface area contributed by atoms with Crippen LogP contribution >= 0.6 is 0 Å². The standard InChI is InChI=1S/C12H16O3/c1-9(13)7-11-3-5-12(6-4-11)15-8-10(2)14/h3-6,10,14H,7-8H2,1-2H3. The molecule has 0 bridgehead atoms. The molecule has 1 N–H and O–H groups in total. The van der Waals surface area contributed by atoms with Crippen LogP contribution in [-0.4, -0.2) is 23.6 Å². The molecular weight excluding hydrogens is 192 g/mol. The molecule has 0 aliphatic heterocycles. The average molecular weight is 208 g/mol. The minimum Gasteiger partial charge on any atom is -0.491 e. The Morgan fingerprint density at radius 3 is 2.47 bits per heavy atom. The lowest BCUT2D eigenvalue weighted by atomic mass is 10.1. The van der Waals surface area contributed by atoms with Crippen molar-refractivity contribution in [2.75, 3.05) is 6.61 Å². The first-order valence-electron chi connectivity index (χ1n) is 4.97. The number of Topliss-reactive ketones (excluding diaryl/α,β-unsaturated/α-hetero) is 1. The molecule has 1 aromatic rings. The summed E-state index contributed by atoms with van der Waals surface area (Å²) >= 11 is 0. The minimum atomic E-state index is -0.470. The second kappa shape index (κ2) is 5.51. The maximum absolute atomic E-state index is 10.8. The van der Waals surface area contributed by atoms with Crippen molar-refractivity contribution in [1.29, 1.82) is 0 Å². The van der Waals surface area contributed by atoms with Crippen molar-refractivity contribution < 1.29 is 14.6 Å². The number of hydrogen-bond acceptors (Lipinski definition) is 3. The van der Waals surface area contributed by atoms with Crippen LogP contribution in [0.1, 0.15) is 19.4 Å². The van der Waals surface area contributed by atoms with Gasteiger partial charge in [0.05, 0.1) is 6.10 Å². The van der Waals surface area contributed by atoms with Crippen molar-refractivity contribution in [3.63, 3.8) is 0 Å². The molecule has 0 aromatic heterocycles. The molecule has 82 valence electrons. The highest BCUT2D eigenvalue weighted by molar-refractivity contribution is 5.78. The summed E-state index contributed by atoms with van der Waals surface area (Å²) in [6.07, 6.45) is -0.0154. The molecule has 1 unspecified atom stereocenters. The lowest BCUT2D eigenvalue weighted by molar-refractivity contribution is -0.116. The van der Waals surface area contributed by atoms with E-state index in [1.165, 1.54) is 0 Å². The topological polar surface area (TPSA) is 46.5 Å². The quantitative estimate of drug-likeness (QED) is 0.799. The predicted molar refractivity (Wildman–Crippen MR) is 58.0 cm³/mol. The van der Waals surface area contributed by atoms with E-state index in [0.29, 0.717) is 12.2 Å². The van der Waals surface area contributed by atoms with Crippen LogP contribution < -0.4 is 4.74 Å². The Morgan fingerprint density at radius 2 is 2.00 bits per heavy atom. The van der Waals surface area contributed by atoms with Gasteiger partial charge in [0.25, 0.3) is 0 Å². The van der Waals surface area contributed by atoms with Crippen molar-refractivity contribution in [1.82, 2.24) is 0 Å². The van der Waals surface area contributed by atoms with Crippen molar-refractivity contribution >= 4 is 5.78 Å². The Bertz CT molecular complexity index is 314. The van der Waals surface area contributed by atoms with E-state index in [1.54, 1.807) is 26.0 Å². The summed E-state index contributed by atoms with van der Waals surface area (Å²) < 4.78 is 5.29. The van der Waals surface area contributed by atoms with Gasteiger partial charge in [0.2, 0.25) is 0 Å². The molecule has 0 aliphatic rings. The summed E-state index contributed by atoms with van der Waals surface area (Å²) in [6, 6.07) is 7.33. The monoisotopic (exact) mass is 208 g/mol. The van der Waals surface area contributed by atoms with Crippen LogP contribution in [0.5, 0.6) is 5.75 Å². The molecule has 0 radical (unpaired) electrons. The zero-order chi connectivity index (χ0) is 11.3. The fraction of sp³-hybridized carbons (Fsp3) is 0.417. The normalized spacial score (nSPS) is 12.2. The van der Waals surface area contributed by atoms with Crippen LogP contribution in [0.25, 0.3) is 0 Å². The van der Waals surface area contributed by atoms with Crippen molar-refractivity contribution in [2.24, 2.45) is 0 Å². The molecule has 1 rings (SSSR count). The SMILES string of the molecule is CC(=O)Cc1ccc(OCC(C)O)cc1. The van der Waals surface area contributed by atoms with Crippen LogP contribution in [0.2, 0.25) is 0 Å². The lowest BCUT2D eigenvalue weighted by Gasteiger charge is -2.08. The van der Waals surface area contributed by atoms with Gasteiger partial charge in [-0.2, -0.15) is 0 Å². The number of benzene rings is 1. The third kappa shape index (κ3) is 4.61. The molecule has 1 aromatic carbocycles. The van der Waals surface area contributed by atoms with Crippen LogP contribution in [0.3, 0.4) is 0 Å². The molecule has 3 nitrogen and oxygen atoms in total. The van der Waals surface area contributed by atoms with Gasteiger partial charge >= 0.3 is 0 Å². The second-order valence-electron chi connectivity index (χ2n) is 3.68. The fourth-order valence-corrected chi connectivity index (χ4v) is 1.21. The summed E-state index contributed by atoms with van der Waals surface area (Å²) in [4.78, 5) is 10.8. The van der Waals surface area contributed by atoms with Crippen molar-refractivity contribution in [3.8, 4) is 5.75 Å². The first kappa shape index (κ1) is 11.7. The molecular formula is C12H16O3. The van der Waals surface area contributed by atoms with E-state index in [1.807, 2.05) is 12.1 Å². The molecule has 0 aliphatic carbocycles. The first-order valence-corrected chi connectivity index (χ1v) is 4.97. The molecule has 0 saturated heterocycles. The van der Waals surface area contributed by atoms with Gasteiger partial charge in [-0.25, -0.2) is 0 Å². The number of ether oxygens (including phenoxy) is 1. The maximum atomic E-state index is 10.8. The second-order valence-corrected chi connectivity index (χ2v) is 3.68. The Labute approximate surface area is 89.7 Å². The number of aliphatic hydroxyl groups is 1. The van der Waals surface area contributed by atoms with Crippen LogP contribution in [0.15, 0.2) is 24.3 Å². The number of carbonyl (C=O) groups is 1. The van der Waals surface area contributed by atoms with E-state index in [4.69, 9.17) is 9.84 Å². The zero-order valence-corrected chi connectivity index (χ0v) is 9.06. The number of hydrogen-bond donors (Lipinski definition) is 1. The molecule has 0 amide bonds. The Kier molecular flexibility index (Phi) is 4.31. The van der Waals surface area contributed by atoms with E-state index in [0.717, 1.165) is 5.56 Å². The van der Waals surface area contributed by atoms with Crippen molar-refractivity contribution in [3.05, 3.63) is 29.8 Å². The van der Waals surface area contributed by atoms with Crippen LogP contribution in [0, 0.1) is 0 Å². The third-order valence-electron chi connectivity index (χ3n) is 1.87. The maximum Gasteiger partial charge on any atom is 0.134 e. The molecule has 1 atom stereocenters. The predicted octanol–water partition coefficient (Wildman–Crippen LogP) is 1.58. The number of rotatable bonds is 5. The van der Waals surface area contributed by atoms with E-state index in [-0.39, 0.29) is 12.4 Å². The Hall–Kier alpha value is -1.35. The van der Waals surface area contributed by atoms with E-state index in [2.05, 4.69) is 0 Å². The lowest BCUT2D eigenvalue weighted by Crippen LogP contribution is -2.12. The van der Waals surface area contributed by atoms with Gasteiger partial charge in [-0.05, 0) is 31.5 Å². The summed E-state index contributed by atoms with van der Waals surface area (Å²) in [7, 11) is 0. The highest BCUT2D eigenvalue weighted by Crippen LogP contribution is 2.12. The zero-order valence-electron chi connectivity index (χ0n) is 9.06. The summed E-state index contributed by atoms with van der Waals surface area (Å²) in [6.45, 7) is 3.52. The van der Waals surface area contributed by atoms with Crippen LogP contribution in [-0.2, 0) is 11.2 Å². The van der Waals surface area contributed by atoms with Gasteiger partial charge in [-0.15, -0.1) is 0 Å². The minimum absolute atomic E-state index is 0.146. The van der Waals surface area contributed by atoms with Gasteiger partial charge in [0.1, 0.15) is 18.1 Å². The van der Waals surface area contributed by atoms with Gasteiger partial charge in [0, 0.05) is 6.42 Å². The summed E-state index contributed by atoms with van der Waals surface area (Å²) in [5.41, 5.74) is 0.979. The summed E-state index contributed by atoms with van der Waals surface area (Å²) in [5, 5.41) is 9.02. The molecule has 0 heterocycles. The molecule has 0 fully saturated rings. The molecule has 0 spiro atoms. The Balaban J connectivity index is 2.52. The fourth-order valence-electron chi connectivity index (χ4n) is 1.21. The Morgan fingerprint density at radius 1 is 1.40 bits per heavy atom. The van der Waals surface area contributed by atoms with Gasteiger partial charge in [-0.3, -0.25) is 4.79 Å². The molecule has 15 heavy (non-hydrogen) atoms. The molecule has 3 heteroatoms. The number of carbonyl (C=O) groups excluding carboxylic acids is 1. The highest BCUT2D eigenvalue weighted by atomic mass is 16.5. The van der Waals surface area contributed by atoms with Crippen molar-refractivity contribution in [2.45, 2.75) is 26.4 Å². The van der Waals surface area contributed by atoms with Gasteiger partial charge in [0.15, 0.2) is 0 Å². The first-order chi connectivity index (χ1) is 7.08. The number of aliphatic hydroxyl groups excluding tert-OH is 1. The molecule has 0 saturated carbocycles. The largest absolute Gasteiger partial charge is 0.491 e. The number of ketones is 1. The van der Waals surface area contributed by atoms with E-state index < -0.39 is 6.10 Å². The third-order valence-corrected chi connectivity index (χ3v) is 1.87. The van der Waals surface area contributed by atoms with Gasteiger partial charge < -0.3 is 9.84 Å². The smallest absolute Gasteiger partial charge is 0.134 e. The van der Waals surface area contributed by atoms with Crippen LogP contribution in [0.4, 0.5) is 0 Å². The van der Waals surface area contributed by atoms with E-state index >= 15 is 0 Å². The van der Waals surface area contributed by atoms with E-state index in [9.17, 15) is 4.79 Å². The average Bonchev–Trinajstić information content (AvgIpc) is 2.16.